The van der Waals surface area contributed by atoms with E-state index in [2.05, 4.69) is 0 Å². The van der Waals surface area contributed by atoms with Crippen molar-refractivity contribution in [2.75, 3.05) is 7.11 Å². The van der Waals surface area contributed by atoms with Crippen molar-refractivity contribution in [1.29, 1.82) is 0 Å². The monoisotopic (exact) mass is 240 g/mol. The number of aliphatic carboxylic acids is 1. The summed E-state index contributed by atoms with van der Waals surface area (Å²) in [6.45, 7) is 0. The highest BCUT2D eigenvalue weighted by atomic mass is 19.1. The molecule has 0 spiro atoms. The minimum Gasteiger partial charge on any atom is -0.508 e. The summed E-state index contributed by atoms with van der Waals surface area (Å²) in [6, 6.07) is 2.54. The second-order valence-electron chi connectivity index (χ2n) is 4.22. The van der Waals surface area contributed by atoms with Crippen molar-refractivity contribution in [3.63, 3.8) is 0 Å². The second-order valence-corrected chi connectivity index (χ2v) is 4.22. The SMILES string of the molecule is COc1ccc(O)c(C2(C(=O)O)CCC2)c1F. The molecule has 0 bridgehead atoms. The quantitative estimate of drug-likeness (QED) is 0.848. The minimum atomic E-state index is -1.30. The third-order valence-electron chi connectivity index (χ3n) is 3.40. The molecular formula is C12H13FO4. The zero-order valence-corrected chi connectivity index (χ0v) is 9.36. The van der Waals surface area contributed by atoms with E-state index in [0.29, 0.717) is 19.3 Å². The van der Waals surface area contributed by atoms with Gasteiger partial charge in [0.05, 0.1) is 18.1 Å². The standard InChI is InChI=1S/C12H13FO4/c1-17-8-4-3-7(14)9(10(8)13)12(11(15)16)5-2-6-12/h3-4,14H,2,5-6H2,1H3,(H,15,16). The number of aromatic hydroxyl groups is 1. The van der Waals surface area contributed by atoms with Gasteiger partial charge in [-0.05, 0) is 25.0 Å². The molecule has 4 nitrogen and oxygen atoms in total. The summed E-state index contributed by atoms with van der Waals surface area (Å²) < 4.78 is 18.9. The van der Waals surface area contributed by atoms with Crippen LogP contribution in [0.5, 0.6) is 11.5 Å². The lowest BCUT2D eigenvalue weighted by Gasteiger charge is -2.38. The third kappa shape index (κ3) is 1.53. The maximum atomic E-state index is 14.1. The van der Waals surface area contributed by atoms with Gasteiger partial charge in [0.1, 0.15) is 5.75 Å². The van der Waals surface area contributed by atoms with E-state index in [4.69, 9.17) is 4.74 Å². The predicted molar refractivity (Wildman–Crippen MR) is 57.8 cm³/mol. The van der Waals surface area contributed by atoms with Crippen LogP contribution in [0, 0.1) is 5.82 Å². The molecule has 17 heavy (non-hydrogen) atoms. The summed E-state index contributed by atoms with van der Waals surface area (Å²) in [5.41, 5.74) is -1.46. The summed E-state index contributed by atoms with van der Waals surface area (Å²) in [4.78, 5) is 11.3. The molecule has 0 saturated heterocycles. The van der Waals surface area contributed by atoms with Gasteiger partial charge in [0.15, 0.2) is 11.6 Å². The Balaban J connectivity index is 2.61. The normalized spacial score (nSPS) is 17.3. The zero-order valence-electron chi connectivity index (χ0n) is 9.36. The number of hydrogen-bond donors (Lipinski definition) is 2. The van der Waals surface area contributed by atoms with Gasteiger partial charge in [-0.15, -0.1) is 0 Å². The first kappa shape index (κ1) is 11.7. The number of carboxylic acids is 1. The van der Waals surface area contributed by atoms with Crippen LogP contribution in [-0.2, 0) is 10.2 Å². The maximum absolute atomic E-state index is 14.1. The van der Waals surface area contributed by atoms with Gasteiger partial charge < -0.3 is 14.9 Å². The number of phenols is 1. The predicted octanol–water partition coefficient (Wildman–Crippen LogP) is 2.05. The Morgan fingerprint density at radius 1 is 1.47 bits per heavy atom. The lowest BCUT2D eigenvalue weighted by molar-refractivity contribution is -0.147. The molecule has 2 N–H and O–H groups in total. The highest BCUT2D eigenvalue weighted by molar-refractivity contribution is 5.84. The van der Waals surface area contributed by atoms with Crippen molar-refractivity contribution in [3.8, 4) is 11.5 Å². The Labute approximate surface area is 97.6 Å². The van der Waals surface area contributed by atoms with E-state index in [1.807, 2.05) is 0 Å². The highest BCUT2D eigenvalue weighted by Crippen LogP contribution is 2.49. The molecule has 1 saturated carbocycles. The van der Waals surface area contributed by atoms with Gasteiger partial charge in [-0.2, -0.15) is 0 Å². The van der Waals surface area contributed by atoms with Crippen molar-refractivity contribution >= 4 is 5.97 Å². The lowest BCUT2D eigenvalue weighted by Crippen LogP contribution is -2.43. The topological polar surface area (TPSA) is 66.8 Å². The summed E-state index contributed by atoms with van der Waals surface area (Å²) in [6.07, 6.45) is 1.38. The van der Waals surface area contributed by atoms with E-state index in [-0.39, 0.29) is 17.1 Å². The Bertz CT molecular complexity index is 466. The first-order valence-electron chi connectivity index (χ1n) is 5.32. The van der Waals surface area contributed by atoms with Crippen molar-refractivity contribution in [2.45, 2.75) is 24.7 Å². The smallest absolute Gasteiger partial charge is 0.314 e. The molecule has 1 aliphatic rings. The fraction of sp³-hybridized carbons (Fsp3) is 0.417. The Morgan fingerprint density at radius 3 is 2.53 bits per heavy atom. The number of ether oxygens (including phenoxy) is 1. The second kappa shape index (κ2) is 3.91. The van der Waals surface area contributed by atoms with Gasteiger partial charge in [0.25, 0.3) is 0 Å². The van der Waals surface area contributed by atoms with Crippen LogP contribution in [0.4, 0.5) is 4.39 Å². The number of carbonyl (C=O) groups is 1. The molecule has 0 aromatic heterocycles. The summed E-state index contributed by atoms with van der Waals surface area (Å²) in [7, 11) is 1.30. The van der Waals surface area contributed by atoms with Crippen LogP contribution in [0.3, 0.4) is 0 Å². The number of rotatable bonds is 3. The van der Waals surface area contributed by atoms with Crippen LogP contribution in [0.2, 0.25) is 0 Å². The molecule has 0 heterocycles. The first-order valence-corrected chi connectivity index (χ1v) is 5.32. The molecule has 1 aliphatic carbocycles. The fourth-order valence-corrected chi connectivity index (χ4v) is 2.26. The molecule has 0 radical (unpaired) electrons. The van der Waals surface area contributed by atoms with Gasteiger partial charge >= 0.3 is 5.97 Å². The van der Waals surface area contributed by atoms with Crippen LogP contribution >= 0.6 is 0 Å². The van der Waals surface area contributed by atoms with Gasteiger partial charge in [0.2, 0.25) is 0 Å². The third-order valence-corrected chi connectivity index (χ3v) is 3.40. The van der Waals surface area contributed by atoms with Crippen LogP contribution in [0.15, 0.2) is 12.1 Å². The number of phenolic OH excluding ortho intramolecular Hbond substituents is 1. The van der Waals surface area contributed by atoms with E-state index < -0.39 is 17.2 Å². The van der Waals surface area contributed by atoms with Gasteiger partial charge in [-0.1, -0.05) is 6.42 Å². The molecule has 0 atom stereocenters. The molecule has 92 valence electrons. The summed E-state index contributed by atoms with van der Waals surface area (Å²) >= 11 is 0. The largest absolute Gasteiger partial charge is 0.508 e. The molecule has 0 amide bonds. The Morgan fingerprint density at radius 2 is 2.12 bits per heavy atom. The molecule has 2 rings (SSSR count). The molecule has 1 aromatic carbocycles. The fourth-order valence-electron chi connectivity index (χ4n) is 2.26. The van der Waals surface area contributed by atoms with E-state index in [1.54, 1.807) is 0 Å². The van der Waals surface area contributed by atoms with Crippen LogP contribution in [-0.4, -0.2) is 23.3 Å². The van der Waals surface area contributed by atoms with Crippen molar-refractivity contribution in [1.82, 2.24) is 0 Å². The molecule has 1 fully saturated rings. The van der Waals surface area contributed by atoms with Gasteiger partial charge in [-0.25, -0.2) is 4.39 Å². The molecule has 0 aliphatic heterocycles. The molecule has 0 unspecified atom stereocenters. The van der Waals surface area contributed by atoms with E-state index in [9.17, 15) is 19.4 Å². The van der Waals surface area contributed by atoms with Crippen LogP contribution in [0.1, 0.15) is 24.8 Å². The minimum absolute atomic E-state index is 0.0506. The first-order chi connectivity index (χ1) is 8.03. The van der Waals surface area contributed by atoms with E-state index in [1.165, 1.54) is 19.2 Å². The number of carboxylic acid groups (broad SMARTS) is 1. The number of benzene rings is 1. The number of hydrogen-bond acceptors (Lipinski definition) is 3. The molecule has 5 heteroatoms. The zero-order chi connectivity index (χ0) is 12.6. The van der Waals surface area contributed by atoms with Crippen molar-refractivity contribution < 1.29 is 24.1 Å². The number of methoxy groups -OCH3 is 1. The highest BCUT2D eigenvalue weighted by Gasteiger charge is 2.49. The Kier molecular flexibility index (Phi) is 2.69. The van der Waals surface area contributed by atoms with E-state index >= 15 is 0 Å². The number of halogens is 1. The van der Waals surface area contributed by atoms with Crippen LogP contribution < -0.4 is 4.74 Å². The maximum Gasteiger partial charge on any atom is 0.314 e. The van der Waals surface area contributed by atoms with Gasteiger partial charge in [0, 0.05) is 0 Å². The molecular weight excluding hydrogens is 227 g/mol. The average molecular weight is 240 g/mol. The van der Waals surface area contributed by atoms with Gasteiger partial charge in [-0.3, -0.25) is 4.79 Å². The van der Waals surface area contributed by atoms with Crippen molar-refractivity contribution in [3.05, 3.63) is 23.5 Å². The average Bonchev–Trinajstić information content (AvgIpc) is 2.21. The Hall–Kier alpha value is -1.78. The van der Waals surface area contributed by atoms with Crippen LogP contribution in [0.25, 0.3) is 0 Å². The summed E-state index contributed by atoms with van der Waals surface area (Å²) in [5.74, 6) is -2.27. The lowest BCUT2D eigenvalue weighted by atomic mass is 9.64. The molecule has 1 aromatic rings. The van der Waals surface area contributed by atoms with E-state index in [0.717, 1.165) is 0 Å². The summed E-state index contributed by atoms with van der Waals surface area (Å²) in [5, 5.41) is 18.9. The van der Waals surface area contributed by atoms with Crippen molar-refractivity contribution in [2.24, 2.45) is 0 Å².